The molecule has 0 N–H and O–H groups in total. The first-order valence-corrected chi connectivity index (χ1v) is 6.50. The molecule has 0 aromatic rings. The zero-order valence-corrected chi connectivity index (χ0v) is 12.0. The number of hydrogen-bond acceptors (Lipinski definition) is 2. The molecule has 0 spiro atoms. The molecule has 1 heterocycles. The van der Waals surface area contributed by atoms with Crippen LogP contribution in [0.15, 0.2) is 0 Å². The van der Waals surface area contributed by atoms with E-state index in [9.17, 15) is 0 Å². The first-order valence-electron chi connectivity index (χ1n) is 6.50. The highest BCUT2D eigenvalue weighted by atomic mass is 16.5. The van der Waals surface area contributed by atoms with Gasteiger partial charge < -0.3 is 4.74 Å². The average molecular weight is 217 g/mol. The van der Waals surface area contributed by atoms with Gasteiger partial charge in [0.1, 0.15) is 0 Å². The molecule has 0 aromatic heterocycles. The summed E-state index contributed by atoms with van der Waals surface area (Å²) in [7, 11) is 0. The Kier molecular flexibility index (Phi) is 12.1. The molecule has 15 heavy (non-hydrogen) atoms. The maximum Gasteiger partial charge on any atom is 0.0700 e. The van der Waals surface area contributed by atoms with Crippen LogP contribution in [0.3, 0.4) is 0 Å². The van der Waals surface area contributed by atoms with Crippen molar-refractivity contribution in [2.75, 3.05) is 13.2 Å². The molecule has 2 heteroatoms. The van der Waals surface area contributed by atoms with Gasteiger partial charge >= 0.3 is 0 Å². The minimum Gasteiger partial charge on any atom is -0.376 e. The molecule has 0 saturated carbocycles. The van der Waals surface area contributed by atoms with Gasteiger partial charge in [0, 0.05) is 18.6 Å². The Balaban J connectivity index is 0. The Hall–Kier alpha value is -0.0800. The van der Waals surface area contributed by atoms with Crippen LogP contribution < -0.4 is 0 Å². The third-order valence-corrected chi connectivity index (χ3v) is 2.60. The van der Waals surface area contributed by atoms with Crippen molar-refractivity contribution in [1.82, 2.24) is 4.90 Å². The van der Waals surface area contributed by atoms with Crippen LogP contribution in [0.25, 0.3) is 0 Å². The fourth-order valence-electron chi connectivity index (χ4n) is 1.69. The summed E-state index contributed by atoms with van der Waals surface area (Å²) in [5.41, 5.74) is 0. The summed E-state index contributed by atoms with van der Waals surface area (Å²) in [6.07, 6.45) is 0.395. The van der Waals surface area contributed by atoms with Gasteiger partial charge in [-0.1, -0.05) is 27.7 Å². The molecule has 0 aromatic carbocycles. The molecule has 1 fully saturated rings. The second-order valence-electron chi connectivity index (χ2n) is 3.65. The van der Waals surface area contributed by atoms with Gasteiger partial charge in [0.05, 0.1) is 12.7 Å². The zero-order valence-electron chi connectivity index (χ0n) is 12.0. The van der Waals surface area contributed by atoms with E-state index in [1.807, 2.05) is 27.7 Å². The quantitative estimate of drug-likeness (QED) is 0.666. The Morgan fingerprint density at radius 1 is 1.07 bits per heavy atom. The standard InChI is InChI=1S/C9H19NO.2C2H6/c1-7(2)10-5-6-11-9(4)8(10)3;2*1-2/h7-9H,5-6H2,1-4H3;2*1-2H3. The summed E-state index contributed by atoms with van der Waals surface area (Å²) in [6, 6.07) is 1.22. The van der Waals surface area contributed by atoms with Gasteiger partial charge in [0.2, 0.25) is 0 Å². The summed E-state index contributed by atoms with van der Waals surface area (Å²) < 4.78 is 5.53. The molecule has 2 atom stereocenters. The van der Waals surface area contributed by atoms with Crippen LogP contribution in [0.1, 0.15) is 55.4 Å². The summed E-state index contributed by atoms with van der Waals surface area (Å²) in [5.74, 6) is 0. The highest BCUT2D eigenvalue weighted by Crippen LogP contribution is 2.15. The normalized spacial score (nSPS) is 26.2. The molecule has 1 aliphatic rings. The summed E-state index contributed by atoms with van der Waals surface area (Å²) in [5, 5.41) is 0. The van der Waals surface area contributed by atoms with Crippen molar-refractivity contribution >= 4 is 0 Å². The van der Waals surface area contributed by atoms with E-state index in [-0.39, 0.29) is 0 Å². The molecular weight excluding hydrogens is 186 g/mol. The van der Waals surface area contributed by atoms with E-state index in [0.29, 0.717) is 18.2 Å². The van der Waals surface area contributed by atoms with Crippen LogP contribution in [0.4, 0.5) is 0 Å². The molecule has 0 amide bonds. The maximum absolute atomic E-state index is 5.53. The fourth-order valence-corrected chi connectivity index (χ4v) is 1.69. The van der Waals surface area contributed by atoms with Crippen LogP contribution in [-0.2, 0) is 4.74 Å². The topological polar surface area (TPSA) is 12.5 Å². The van der Waals surface area contributed by atoms with Crippen molar-refractivity contribution < 1.29 is 4.74 Å². The molecule has 0 radical (unpaired) electrons. The van der Waals surface area contributed by atoms with Crippen LogP contribution in [0.5, 0.6) is 0 Å². The second kappa shape index (κ2) is 10.4. The summed E-state index contributed by atoms with van der Waals surface area (Å²) in [4.78, 5) is 2.49. The van der Waals surface area contributed by atoms with Gasteiger partial charge in [-0.3, -0.25) is 4.90 Å². The Bertz CT molecular complexity index is 126. The summed E-state index contributed by atoms with van der Waals surface area (Å²) >= 11 is 0. The van der Waals surface area contributed by atoms with Crippen molar-refractivity contribution in [1.29, 1.82) is 0 Å². The lowest BCUT2D eigenvalue weighted by Gasteiger charge is -2.40. The predicted molar refractivity (Wildman–Crippen MR) is 69.4 cm³/mol. The number of ether oxygens (including phenoxy) is 1. The Morgan fingerprint density at radius 3 is 1.87 bits per heavy atom. The van der Waals surface area contributed by atoms with Crippen LogP contribution in [0, 0.1) is 0 Å². The van der Waals surface area contributed by atoms with Crippen molar-refractivity contribution in [3.8, 4) is 0 Å². The van der Waals surface area contributed by atoms with Crippen molar-refractivity contribution in [2.24, 2.45) is 0 Å². The van der Waals surface area contributed by atoms with Crippen molar-refractivity contribution in [2.45, 2.75) is 73.6 Å². The average Bonchev–Trinajstić information content (AvgIpc) is 2.27. The first kappa shape index (κ1) is 17.3. The van der Waals surface area contributed by atoms with E-state index in [4.69, 9.17) is 4.74 Å². The second-order valence-corrected chi connectivity index (χ2v) is 3.65. The summed E-state index contributed by atoms with van der Waals surface area (Å²) in [6.45, 7) is 18.9. The number of hydrogen-bond donors (Lipinski definition) is 0. The highest BCUT2D eigenvalue weighted by molar-refractivity contribution is 4.79. The lowest BCUT2D eigenvalue weighted by molar-refractivity contribution is -0.0663. The van der Waals surface area contributed by atoms with E-state index in [0.717, 1.165) is 13.2 Å². The first-order chi connectivity index (χ1) is 7.13. The van der Waals surface area contributed by atoms with Gasteiger partial charge in [-0.05, 0) is 27.7 Å². The Morgan fingerprint density at radius 2 is 1.53 bits per heavy atom. The van der Waals surface area contributed by atoms with Crippen LogP contribution >= 0.6 is 0 Å². The molecule has 0 bridgehead atoms. The lowest BCUT2D eigenvalue weighted by atomic mass is 10.1. The highest BCUT2D eigenvalue weighted by Gasteiger charge is 2.26. The minimum atomic E-state index is 0.395. The lowest BCUT2D eigenvalue weighted by Crippen LogP contribution is -2.51. The van der Waals surface area contributed by atoms with Crippen molar-refractivity contribution in [3.63, 3.8) is 0 Å². The smallest absolute Gasteiger partial charge is 0.0700 e. The largest absolute Gasteiger partial charge is 0.376 e. The van der Waals surface area contributed by atoms with Crippen LogP contribution in [-0.4, -0.2) is 36.2 Å². The number of morpholine rings is 1. The van der Waals surface area contributed by atoms with Gasteiger partial charge in [-0.25, -0.2) is 0 Å². The van der Waals surface area contributed by atoms with Crippen molar-refractivity contribution in [3.05, 3.63) is 0 Å². The molecule has 1 saturated heterocycles. The van der Waals surface area contributed by atoms with Crippen LogP contribution in [0.2, 0.25) is 0 Å². The van der Waals surface area contributed by atoms with E-state index in [1.165, 1.54) is 0 Å². The Labute approximate surface area is 97.0 Å². The van der Waals surface area contributed by atoms with E-state index in [1.54, 1.807) is 0 Å². The van der Waals surface area contributed by atoms with Gasteiger partial charge in [0.25, 0.3) is 0 Å². The molecule has 0 aliphatic carbocycles. The third kappa shape index (κ3) is 6.16. The van der Waals surface area contributed by atoms with Gasteiger partial charge in [-0.2, -0.15) is 0 Å². The molecular formula is C13H31NO. The van der Waals surface area contributed by atoms with E-state index in [2.05, 4.69) is 32.6 Å². The number of rotatable bonds is 1. The SMILES string of the molecule is CC.CC.CC1OCCN(C(C)C)C1C. The molecule has 1 rings (SSSR count). The maximum atomic E-state index is 5.53. The van der Waals surface area contributed by atoms with Gasteiger partial charge in [0.15, 0.2) is 0 Å². The number of nitrogens with zero attached hydrogens (tertiary/aromatic N) is 1. The fraction of sp³-hybridized carbons (Fsp3) is 1.00. The monoisotopic (exact) mass is 217 g/mol. The third-order valence-electron chi connectivity index (χ3n) is 2.60. The zero-order chi connectivity index (χ0) is 12.4. The minimum absolute atomic E-state index is 0.395. The predicted octanol–water partition coefficient (Wildman–Crippen LogP) is 3.56. The molecule has 1 aliphatic heterocycles. The molecule has 2 unspecified atom stereocenters. The van der Waals surface area contributed by atoms with Gasteiger partial charge in [-0.15, -0.1) is 0 Å². The van der Waals surface area contributed by atoms with E-state index >= 15 is 0 Å². The van der Waals surface area contributed by atoms with E-state index < -0.39 is 0 Å². The molecule has 2 nitrogen and oxygen atoms in total. The molecule has 94 valence electrons.